The van der Waals surface area contributed by atoms with Gasteiger partial charge in [-0.3, -0.25) is 0 Å². The summed E-state index contributed by atoms with van der Waals surface area (Å²) >= 11 is 0. The molecule has 0 amide bonds. The summed E-state index contributed by atoms with van der Waals surface area (Å²) in [4.78, 5) is 6.60. The first-order valence-electron chi connectivity index (χ1n) is 7.88. The fraction of sp³-hybridized carbons (Fsp3) is 0.211. The Morgan fingerprint density at radius 1 is 0.917 bits per heavy atom. The van der Waals surface area contributed by atoms with Gasteiger partial charge in [-0.1, -0.05) is 60.2 Å². The van der Waals surface area contributed by atoms with Crippen molar-refractivity contribution >= 4 is 5.82 Å². The van der Waals surface area contributed by atoms with Gasteiger partial charge in [0, 0.05) is 24.7 Å². The van der Waals surface area contributed by atoms with Crippen LogP contribution >= 0.6 is 0 Å². The van der Waals surface area contributed by atoms with Crippen molar-refractivity contribution in [3.05, 3.63) is 60.2 Å². The molecule has 1 N–H and O–H groups in total. The van der Waals surface area contributed by atoms with Crippen molar-refractivity contribution < 1.29 is 5.11 Å². The number of aliphatic hydroxyl groups is 1. The Morgan fingerprint density at radius 2 is 1.62 bits per heavy atom. The second kappa shape index (κ2) is 7.19. The molecule has 3 aromatic rings. The lowest BCUT2D eigenvalue weighted by molar-refractivity contribution is 0.304. The maximum absolute atomic E-state index is 9.28. The SMILES string of the molecule is Cc1ccc(-c2nnc(-c3ccccc3)nc2N(C)CCO)cc1. The van der Waals surface area contributed by atoms with Crippen LogP contribution in [0.1, 0.15) is 5.56 Å². The minimum atomic E-state index is 0.0501. The zero-order chi connectivity index (χ0) is 16.9. The second-order valence-electron chi connectivity index (χ2n) is 5.68. The first kappa shape index (κ1) is 16.1. The van der Waals surface area contributed by atoms with Crippen LogP contribution in [0, 0.1) is 6.92 Å². The molecular formula is C19H20N4O. The second-order valence-corrected chi connectivity index (χ2v) is 5.68. The molecule has 122 valence electrons. The molecule has 1 aromatic heterocycles. The van der Waals surface area contributed by atoms with Crippen LogP contribution in [0.5, 0.6) is 0 Å². The van der Waals surface area contributed by atoms with Crippen LogP contribution in [0.25, 0.3) is 22.6 Å². The summed E-state index contributed by atoms with van der Waals surface area (Å²) in [6.45, 7) is 2.57. The number of hydrogen-bond acceptors (Lipinski definition) is 5. The highest BCUT2D eigenvalue weighted by atomic mass is 16.3. The number of likely N-dealkylation sites (N-methyl/N-ethyl adjacent to an activating group) is 1. The van der Waals surface area contributed by atoms with Crippen molar-refractivity contribution in [2.24, 2.45) is 0 Å². The molecule has 0 atom stereocenters. The molecular weight excluding hydrogens is 300 g/mol. The predicted molar refractivity (Wildman–Crippen MR) is 95.8 cm³/mol. The number of hydrogen-bond donors (Lipinski definition) is 1. The van der Waals surface area contributed by atoms with Gasteiger partial charge in [-0.15, -0.1) is 10.2 Å². The molecule has 0 unspecified atom stereocenters. The summed E-state index contributed by atoms with van der Waals surface area (Å²) < 4.78 is 0. The molecule has 5 nitrogen and oxygen atoms in total. The minimum absolute atomic E-state index is 0.0501. The summed E-state index contributed by atoms with van der Waals surface area (Å²) in [6, 6.07) is 17.9. The monoisotopic (exact) mass is 320 g/mol. The Kier molecular flexibility index (Phi) is 4.82. The van der Waals surface area contributed by atoms with Gasteiger partial charge in [0.2, 0.25) is 0 Å². The molecule has 0 radical (unpaired) electrons. The molecule has 24 heavy (non-hydrogen) atoms. The highest BCUT2D eigenvalue weighted by molar-refractivity contribution is 5.73. The summed E-state index contributed by atoms with van der Waals surface area (Å²) in [6.07, 6.45) is 0. The minimum Gasteiger partial charge on any atom is -0.395 e. The summed E-state index contributed by atoms with van der Waals surface area (Å²) in [5.41, 5.74) is 3.77. The number of aliphatic hydroxyl groups excluding tert-OH is 1. The summed E-state index contributed by atoms with van der Waals surface area (Å²) in [7, 11) is 1.90. The van der Waals surface area contributed by atoms with Crippen LogP contribution in [-0.4, -0.2) is 40.5 Å². The highest BCUT2D eigenvalue weighted by Crippen LogP contribution is 2.28. The van der Waals surface area contributed by atoms with Crippen molar-refractivity contribution in [2.75, 3.05) is 25.1 Å². The van der Waals surface area contributed by atoms with Crippen LogP contribution in [0.3, 0.4) is 0 Å². The van der Waals surface area contributed by atoms with Gasteiger partial charge < -0.3 is 10.0 Å². The zero-order valence-electron chi connectivity index (χ0n) is 13.8. The Labute approximate surface area is 141 Å². The van der Waals surface area contributed by atoms with E-state index in [0.29, 0.717) is 23.9 Å². The molecule has 0 fully saturated rings. The Morgan fingerprint density at radius 3 is 2.29 bits per heavy atom. The van der Waals surface area contributed by atoms with Gasteiger partial charge in [-0.05, 0) is 6.92 Å². The van der Waals surface area contributed by atoms with E-state index < -0.39 is 0 Å². The van der Waals surface area contributed by atoms with Crippen LogP contribution in [0.15, 0.2) is 54.6 Å². The molecule has 0 aliphatic rings. The summed E-state index contributed by atoms with van der Waals surface area (Å²) in [5, 5.41) is 18.0. The van der Waals surface area contributed by atoms with Crippen LogP contribution < -0.4 is 4.90 Å². The third-order valence-electron chi connectivity index (χ3n) is 3.82. The van der Waals surface area contributed by atoms with Gasteiger partial charge in [0.25, 0.3) is 0 Å². The van der Waals surface area contributed by atoms with Gasteiger partial charge >= 0.3 is 0 Å². The topological polar surface area (TPSA) is 62.1 Å². The first-order valence-corrected chi connectivity index (χ1v) is 7.88. The number of benzene rings is 2. The van der Waals surface area contributed by atoms with Crippen molar-refractivity contribution in [1.29, 1.82) is 0 Å². The molecule has 0 spiro atoms. The van der Waals surface area contributed by atoms with E-state index in [1.54, 1.807) is 0 Å². The van der Waals surface area contributed by atoms with E-state index in [0.717, 1.165) is 11.1 Å². The Bertz CT molecular complexity index is 803. The van der Waals surface area contributed by atoms with E-state index in [4.69, 9.17) is 4.98 Å². The van der Waals surface area contributed by atoms with Crippen LogP contribution in [0.4, 0.5) is 5.82 Å². The van der Waals surface area contributed by atoms with E-state index in [-0.39, 0.29) is 6.61 Å². The van der Waals surface area contributed by atoms with Gasteiger partial charge in [0.15, 0.2) is 11.6 Å². The van der Waals surface area contributed by atoms with Crippen LogP contribution in [0.2, 0.25) is 0 Å². The van der Waals surface area contributed by atoms with Gasteiger partial charge in [-0.2, -0.15) is 0 Å². The lowest BCUT2D eigenvalue weighted by Crippen LogP contribution is -2.24. The molecule has 2 aromatic carbocycles. The number of anilines is 1. The molecule has 0 bridgehead atoms. The largest absolute Gasteiger partial charge is 0.395 e. The van der Waals surface area contributed by atoms with Crippen molar-refractivity contribution in [1.82, 2.24) is 15.2 Å². The number of rotatable bonds is 5. The van der Waals surface area contributed by atoms with Gasteiger partial charge in [-0.25, -0.2) is 4.98 Å². The van der Waals surface area contributed by atoms with Gasteiger partial charge in [0.1, 0.15) is 5.69 Å². The quantitative estimate of drug-likeness (QED) is 0.783. The lowest BCUT2D eigenvalue weighted by Gasteiger charge is -2.20. The molecule has 1 heterocycles. The van der Waals surface area contributed by atoms with Crippen molar-refractivity contribution in [3.8, 4) is 22.6 Å². The third kappa shape index (κ3) is 3.41. The van der Waals surface area contributed by atoms with Gasteiger partial charge in [0.05, 0.1) is 6.61 Å². The molecule has 3 rings (SSSR count). The molecule has 0 saturated carbocycles. The molecule has 0 aliphatic heterocycles. The van der Waals surface area contributed by atoms with Crippen LogP contribution in [-0.2, 0) is 0 Å². The lowest BCUT2D eigenvalue weighted by atomic mass is 10.1. The van der Waals surface area contributed by atoms with E-state index in [1.807, 2.05) is 73.5 Å². The molecule has 0 aliphatic carbocycles. The fourth-order valence-electron chi connectivity index (χ4n) is 2.45. The molecule has 0 saturated heterocycles. The maximum atomic E-state index is 9.28. The standard InChI is InChI=1S/C19H20N4O/c1-14-8-10-15(11-9-14)17-19(23(2)12-13-24)20-18(22-21-17)16-6-4-3-5-7-16/h3-11,24H,12-13H2,1-2H3. The summed E-state index contributed by atoms with van der Waals surface area (Å²) in [5.74, 6) is 1.29. The number of nitrogens with zero attached hydrogens (tertiary/aromatic N) is 4. The molecule has 5 heteroatoms. The fourth-order valence-corrected chi connectivity index (χ4v) is 2.45. The maximum Gasteiger partial charge on any atom is 0.183 e. The third-order valence-corrected chi connectivity index (χ3v) is 3.82. The number of aromatic nitrogens is 3. The predicted octanol–water partition coefficient (Wildman–Crippen LogP) is 2.94. The van der Waals surface area contributed by atoms with Crippen molar-refractivity contribution in [3.63, 3.8) is 0 Å². The zero-order valence-corrected chi connectivity index (χ0v) is 13.8. The van der Waals surface area contributed by atoms with Crippen molar-refractivity contribution in [2.45, 2.75) is 6.92 Å². The average Bonchev–Trinajstić information content (AvgIpc) is 2.63. The van der Waals surface area contributed by atoms with E-state index in [9.17, 15) is 5.11 Å². The van der Waals surface area contributed by atoms with E-state index in [2.05, 4.69) is 10.2 Å². The van der Waals surface area contributed by atoms with E-state index >= 15 is 0 Å². The Hall–Kier alpha value is -2.79. The average molecular weight is 320 g/mol. The first-order chi connectivity index (χ1) is 11.7. The van der Waals surface area contributed by atoms with E-state index in [1.165, 1.54) is 5.56 Å². The number of aryl methyl sites for hydroxylation is 1. The normalized spacial score (nSPS) is 10.6. The smallest absolute Gasteiger partial charge is 0.183 e. The highest BCUT2D eigenvalue weighted by Gasteiger charge is 2.15. The Balaban J connectivity index is 2.09.